The molecule has 0 atom stereocenters. The lowest BCUT2D eigenvalue weighted by molar-refractivity contribution is 0.0713. The molecule has 3 rings (SSSR count). The molecule has 3 aromatic rings. The SMILES string of the molecule is Nc1nonc1C(=Nc1ccccc1)NOCc1ccccc1. The van der Waals surface area contributed by atoms with E-state index in [1.807, 2.05) is 60.7 Å². The molecule has 7 heteroatoms. The highest BCUT2D eigenvalue weighted by atomic mass is 16.6. The van der Waals surface area contributed by atoms with Gasteiger partial charge in [-0.15, -0.1) is 0 Å². The Morgan fingerprint density at radius 1 is 1.04 bits per heavy atom. The molecule has 0 bridgehead atoms. The molecule has 116 valence electrons. The van der Waals surface area contributed by atoms with Crippen molar-refractivity contribution < 1.29 is 9.47 Å². The molecule has 0 aliphatic rings. The van der Waals surface area contributed by atoms with Gasteiger partial charge in [0.05, 0.1) is 12.3 Å². The zero-order valence-electron chi connectivity index (χ0n) is 12.2. The summed E-state index contributed by atoms with van der Waals surface area (Å²) in [4.78, 5) is 9.92. The van der Waals surface area contributed by atoms with Crippen molar-refractivity contribution >= 4 is 17.3 Å². The maximum Gasteiger partial charge on any atom is 0.199 e. The molecule has 0 unspecified atom stereocenters. The van der Waals surface area contributed by atoms with E-state index in [0.29, 0.717) is 18.1 Å². The van der Waals surface area contributed by atoms with Crippen LogP contribution in [-0.4, -0.2) is 16.1 Å². The topological polar surface area (TPSA) is 98.6 Å². The fourth-order valence-corrected chi connectivity index (χ4v) is 1.88. The molecule has 23 heavy (non-hydrogen) atoms. The summed E-state index contributed by atoms with van der Waals surface area (Å²) in [5, 5.41) is 7.31. The summed E-state index contributed by atoms with van der Waals surface area (Å²) in [7, 11) is 0. The quantitative estimate of drug-likeness (QED) is 0.427. The number of hydrogen-bond donors (Lipinski definition) is 2. The molecular weight excluding hydrogens is 294 g/mol. The summed E-state index contributed by atoms with van der Waals surface area (Å²) in [6.07, 6.45) is 0. The molecular formula is C16H15N5O2. The molecule has 2 aromatic carbocycles. The van der Waals surface area contributed by atoms with E-state index in [9.17, 15) is 0 Å². The molecule has 0 saturated carbocycles. The lowest BCUT2D eigenvalue weighted by Crippen LogP contribution is -2.25. The van der Waals surface area contributed by atoms with Gasteiger partial charge in [-0.1, -0.05) is 48.5 Å². The first-order valence-corrected chi connectivity index (χ1v) is 6.97. The number of nitrogens with two attached hydrogens (primary N) is 1. The fraction of sp³-hybridized carbons (Fsp3) is 0.0625. The smallest absolute Gasteiger partial charge is 0.199 e. The second kappa shape index (κ2) is 7.19. The van der Waals surface area contributed by atoms with Crippen molar-refractivity contribution in [1.82, 2.24) is 15.8 Å². The van der Waals surface area contributed by atoms with E-state index in [0.717, 1.165) is 11.3 Å². The minimum Gasteiger partial charge on any atom is -0.379 e. The number of aliphatic imine (C=N–C) groups is 1. The first kappa shape index (κ1) is 14.7. The van der Waals surface area contributed by atoms with E-state index >= 15 is 0 Å². The van der Waals surface area contributed by atoms with Gasteiger partial charge in [0, 0.05) is 0 Å². The molecule has 1 aromatic heterocycles. The largest absolute Gasteiger partial charge is 0.379 e. The van der Waals surface area contributed by atoms with Crippen LogP contribution < -0.4 is 11.2 Å². The number of nitrogen functional groups attached to an aromatic ring is 1. The van der Waals surface area contributed by atoms with Crippen LogP contribution in [0.15, 0.2) is 70.3 Å². The first-order valence-electron chi connectivity index (χ1n) is 6.97. The Hall–Kier alpha value is -3.19. The highest BCUT2D eigenvalue weighted by molar-refractivity contribution is 6.01. The summed E-state index contributed by atoms with van der Waals surface area (Å²) in [6.45, 7) is 0.361. The van der Waals surface area contributed by atoms with Gasteiger partial charge < -0.3 is 5.73 Å². The van der Waals surface area contributed by atoms with Crippen LogP contribution in [0.4, 0.5) is 11.5 Å². The zero-order valence-corrected chi connectivity index (χ0v) is 12.2. The Bertz CT molecular complexity index is 771. The Morgan fingerprint density at radius 2 is 1.74 bits per heavy atom. The second-order valence-electron chi connectivity index (χ2n) is 4.67. The standard InChI is InChI=1S/C16H15N5O2/c17-15-14(19-23-20-15)16(18-13-9-5-2-6-10-13)21-22-11-12-7-3-1-4-8-12/h1-10H,11H2,(H2,17,20)(H,18,21). The third kappa shape index (κ3) is 3.92. The molecule has 0 spiro atoms. The molecule has 0 aliphatic carbocycles. The molecule has 0 aliphatic heterocycles. The van der Waals surface area contributed by atoms with Crippen LogP contribution in [0.25, 0.3) is 0 Å². The molecule has 3 N–H and O–H groups in total. The summed E-state index contributed by atoms with van der Waals surface area (Å²) in [5.74, 6) is 0.460. The van der Waals surface area contributed by atoms with Crippen molar-refractivity contribution in [2.24, 2.45) is 4.99 Å². The predicted molar refractivity (Wildman–Crippen MR) is 85.7 cm³/mol. The molecule has 0 saturated heterocycles. The van der Waals surface area contributed by atoms with Crippen molar-refractivity contribution in [3.63, 3.8) is 0 Å². The van der Waals surface area contributed by atoms with Crippen LogP contribution in [-0.2, 0) is 11.4 Å². The average molecular weight is 309 g/mol. The van der Waals surface area contributed by atoms with Gasteiger partial charge in [0.1, 0.15) is 0 Å². The average Bonchev–Trinajstić information content (AvgIpc) is 3.02. The van der Waals surface area contributed by atoms with Crippen LogP contribution in [0.3, 0.4) is 0 Å². The van der Waals surface area contributed by atoms with Gasteiger partial charge in [0.25, 0.3) is 0 Å². The van der Waals surface area contributed by atoms with Gasteiger partial charge in [-0.3, -0.25) is 4.84 Å². The molecule has 0 amide bonds. The third-order valence-corrected chi connectivity index (χ3v) is 2.99. The molecule has 0 fully saturated rings. The van der Waals surface area contributed by atoms with E-state index in [-0.39, 0.29) is 5.82 Å². The highest BCUT2D eigenvalue weighted by Gasteiger charge is 2.14. The Morgan fingerprint density at radius 3 is 2.39 bits per heavy atom. The van der Waals surface area contributed by atoms with E-state index in [1.165, 1.54) is 0 Å². The third-order valence-electron chi connectivity index (χ3n) is 2.99. The summed E-state index contributed by atoms with van der Waals surface area (Å²) in [5.41, 5.74) is 10.5. The van der Waals surface area contributed by atoms with Gasteiger partial charge >= 0.3 is 0 Å². The summed E-state index contributed by atoms with van der Waals surface area (Å²) < 4.78 is 4.63. The first-order chi connectivity index (χ1) is 11.3. The lowest BCUT2D eigenvalue weighted by atomic mass is 10.2. The van der Waals surface area contributed by atoms with E-state index < -0.39 is 0 Å². The number of rotatable bonds is 5. The maximum absolute atomic E-state index is 5.73. The summed E-state index contributed by atoms with van der Waals surface area (Å²) >= 11 is 0. The number of benzene rings is 2. The predicted octanol–water partition coefficient (Wildman–Crippen LogP) is 2.45. The number of anilines is 1. The fourth-order valence-electron chi connectivity index (χ4n) is 1.88. The molecule has 7 nitrogen and oxygen atoms in total. The van der Waals surface area contributed by atoms with Crippen LogP contribution in [0.1, 0.15) is 11.3 Å². The number of aromatic nitrogens is 2. The van der Waals surface area contributed by atoms with Gasteiger partial charge in [0.2, 0.25) is 0 Å². The zero-order chi connectivity index (χ0) is 15.9. The van der Waals surface area contributed by atoms with E-state index in [1.54, 1.807) is 0 Å². The van der Waals surface area contributed by atoms with Crippen molar-refractivity contribution in [3.05, 3.63) is 71.9 Å². The van der Waals surface area contributed by atoms with Crippen molar-refractivity contribution in [2.75, 3.05) is 5.73 Å². The summed E-state index contributed by atoms with van der Waals surface area (Å²) in [6, 6.07) is 19.1. The highest BCUT2D eigenvalue weighted by Crippen LogP contribution is 2.14. The van der Waals surface area contributed by atoms with Crippen LogP contribution in [0.2, 0.25) is 0 Å². The Balaban J connectivity index is 1.76. The van der Waals surface area contributed by atoms with Gasteiger partial charge in [0.15, 0.2) is 17.3 Å². The lowest BCUT2D eigenvalue weighted by Gasteiger charge is -2.08. The number of nitrogens with one attached hydrogen (secondary N) is 1. The van der Waals surface area contributed by atoms with E-state index in [2.05, 4.69) is 25.4 Å². The Kier molecular flexibility index (Phi) is 4.61. The van der Waals surface area contributed by atoms with Crippen LogP contribution >= 0.6 is 0 Å². The van der Waals surface area contributed by atoms with Crippen LogP contribution in [0, 0.1) is 0 Å². The van der Waals surface area contributed by atoms with E-state index in [4.69, 9.17) is 10.6 Å². The number of amidine groups is 1. The second-order valence-corrected chi connectivity index (χ2v) is 4.67. The minimum absolute atomic E-state index is 0.135. The van der Waals surface area contributed by atoms with Crippen molar-refractivity contribution in [3.8, 4) is 0 Å². The molecule has 0 radical (unpaired) electrons. The number of hydrogen-bond acceptors (Lipinski definition) is 6. The number of nitrogens with zero attached hydrogens (tertiary/aromatic N) is 3. The minimum atomic E-state index is 0.135. The normalized spacial score (nSPS) is 11.4. The maximum atomic E-state index is 5.73. The Labute approximate surface area is 132 Å². The van der Waals surface area contributed by atoms with Gasteiger partial charge in [-0.25, -0.2) is 15.1 Å². The number of hydroxylamine groups is 1. The van der Waals surface area contributed by atoms with Gasteiger partial charge in [-0.05, 0) is 28.0 Å². The van der Waals surface area contributed by atoms with Gasteiger partial charge in [-0.2, -0.15) is 0 Å². The number of para-hydroxylation sites is 1. The van der Waals surface area contributed by atoms with Crippen molar-refractivity contribution in [1.29, 1.82) is 0 Å². The van der Waals surface area contributed by atoms with Crippen molar-refractivity contribution in [2.45, 2.75) is 6.61 Å². The molecule has 1 heterocycles. The monoisotopic (exact) mass is 309 g/mol. The van der Waals surface area contributed by atoms with Crippen LogP contribution in [0.5, 0.6) is 0 Å².